The van der Waals surface area contributed by atoms with Crippen molar-refractivity contribution in [1.29, 1.82) is 0 Å². The molecule has 0 spiro atoms. The van der Waals surface area contributed by atoms with Gasteiger partial charge in [0.2, 0.25) is 12.2 Å². The van der Waals surface area contributed by atoms with Crippen molar-refractivity contribution in [2.45, 2.75) is 18.7 Å². The fourth-order valence-corrected chi connectivity index (χ4v) is 2.00. The molecule has 2 rings (SSSR count). The number of rotatable bonds is 4. The molecule has 18 heavy (non-hydrogen) atoms. The number of amides is 1. The lowest BCUT2D eigenvalue weighted by Crippen LogP contribution is -2.27. The number of imidazole rings is 1. The van der Waals surface area contributed by atoms with Gasteiger partial charge >= 0.3 is 5.82 Å². The smallest absolute Gasteiger partial charge is 0.342 e. The predicted molar refractivity (Wildman–Crippen MR) is 59.1 cm³/mol. The first-order valence-electron chi connectivity index (χ1n) is 5.30. The molecular weight excluding hydrogens is 242 g/mol. The number of nitro groups is 1. The van der Waals surface area contributed by atoms with E-state index >= 15 is 0 Å². The van der Waals surface area contributed by atoms with Crippen LogP contribution in [0.1, 0.15) is 18.3 Å². The van der Waals surface area contributed by atoms with Gasteiger partial charge in [0.05, 0.1) is 7.05 Å². The molecule has 1 aromatic rings. The molecule has 2 unspecified atom stereocenters. The molecule has 1 N–H and O–H groups in total. The second kappa shape index (κ2) is 4.70. The first-order valence-corrected chi connectivity index (χ1v) is 5.30. The van der Waals surface area contributed by atoms with E-state index in [9.17, 15) is 14.9 Å². The fraction of sp³-hybridized carbons (Fsp3) is 0.556. The van der Waals surface area contributed by atoms with Crippen LogP contribution in [-0.2, 0) is 16.7 Å². The van der Waals surface area contributed by atoms with Crippen LogP contribution in [0.25, 0.3) is 0 Å². The molecule has 0 bridgehead atoms. The van der Waals surface area contributed by atoms with Crippen LogP contribution in [0, 0.1) is 10.1 Å². The zero-order valence-corrected chi connectivity index (χ0v) is 9.94. The van der Waals surface area contributed by atoms with E-state index < -0.39 is 11.2 Å². The maximum Gasteiger partial charge on any atom is 0.342 e. The molecule has 9 nitrogen and oxygen atoms in total. The maximum atomic E-state index is 10.7. The van der Waals surface area contributed by atoms with Gasteiger partial charge in [0.1, 0.15) is 12.2 Å². The van der Waals surface area contributed by atoms with E-state index in [1.165, 1.54) is 15.8 Å². The van der Waals surface area contributed by atoms with Crippen molar-refractivity contribution >= 4 is 12.2 Å². The van der Waals surface area contributed by atoms with Gasteiger partial charge in [-0.05, 0) is 4.92 Å². The largest absolute Gasteiger partial charge is 0.358 e. The highest BCUT2D eigenvalue weighted by atomic mass is 16.7. The molecular formula is C9H13N5O4. The second-order valence-corrected chi connectivity index (χ2v) is 3.97. The second-order valence-electron chi connectivity index (χ2n) is 3.97. The highest BCUT2D eigenvalue weighted by Crippen LogP contribution is 2.31. The average molecular weight is 255 g/mol. The third-order valence-electron chi connectivity index (χ3n) is 2.91. The highest BCUT2D eigenvalue weighted by molar-refractivity contribution is 5.46. The van der Waals surface area contributed by atoms with Gasteiger partial charge in [-0.25, -0.2) is 9.55 Å². The number of carbonyl (C=O) groups excluding carboxylic acids is 1. The Kier molecular flexibility index (Phi) is 3.26. The summed E-state index contributed by atoms with van der Waals surface area (Å²) >= 11 is 0. The Labute approximate surface area is 102 Å². The lowest BCUT2D eigenvalue weighted by atomic mass is 10.2. The molecule has 9 heteroatoms. The topological polar surface area (TPSA) is 103 Å². The first-order chi connectivity index (χ1) is 8.54. The normalized spacial score (nSPS) is 24.1. The summed E-state index contributed by atoms with van der Waals surface area (Å²) in [4.78, 5) is 30.0. The number of nitrogens with zero attached hydrogens (tertiary/aromatic N) is 4. The average Bonchev–Trinajstić information content (AvgIpc) is 2.83. The molecule has 0 radical (unpaired) electrons. The number of hydrogen-bond donors (Lipinski definition) is 1. The molecule has 0 aromatic carbocycles. The summed E-state index contributed by atoms with van der Waals surface area (Å²) in [5.41, 5.74) is 0. The third-order valence-corrected chi connectivity index (χ3v) is 2.91. The molecule has 1 fully saturated rings. The van der Waals surface area contributed by atoms with E-state index in [0.717, 1.165) is 0 Å². The summed E-state index contributed by atoms with van der Waals surface area (Å²) < 4.78 is 1.41. The summed E-state index contributed by atoms with van der Waals surface area (Å²) in [7, 11) is 3.27. The van der Waals surface area contributed by atoms with Gasteiger partial charge in [-0.2, -0.15) is 5.06 Å². The van der Waals surface area contributed by atoms with Crippen LogP contribution < -0.4 is 5.32 Å². The number of nitrogens with one attached hydrogen (secondary N) is 1. The van der Waals surface area contributed by atoms with E-state index in [-0.39, 0.29) is 11.9 Å². The quantitative estimate of drug-likeness (QED) is 0.450. The Bertz CT molecular complexity index is 474. The van der Waals surface area contributed by atoms with Gasteiger partial charge in [-0.3, -0.25) is 9.63 Å². The molecule has 1 aliphatic heterocycles. The number of hydroxylamine groups is 2. The lowest BCUT2D eigenvalue weighted by Gasteiger charge is -2.14. The molecule has 2 heterocycles. The monoisotopic (exact) mass is 255 g/mol. The Morgan fingerprint density at radius 2 is 2.39 bits per heavy atom. The summed E-state index contributed by atoms with van der Waals surface area (Å²) in [5.74, 6) is 0.449. The molecule has 1 amide bonds. The number of hydrogen-bond acceptors (Lipinski definition) is 6. The Morgan fingerprint density at radius 3 is 2.94 bits per heavy atom. The van der Waals surface area contributed by atoms with E-state index in [4.69, 9.17) is 4.84 Å². The number of carbonyl (C=O) groups is 1. The van der Waals surface area contributed by atoms with Crippen LogP contribution >= 0.6 is 0 Å². The lowest BCUT2D eigenvalue weighted by molar-refractivity contribution is -0.391. The van der Waals surface area contributed by atoms with Crippen molar-refractivity contribution in [2.75, 3.05) is 7.05 Å². The van der Waals surface area contributed by atoms with Gasteiger partial charge in [0.25, 0.3) is 0 Å². The maximum absolute atomic E-state index is 10.7. The van der Waals surface area contributed by atoms with E-state index in [0.29, 0.717) is 18.7 Å². The Morgan fingerprint density at radius 1 is 1.67 bits per heavy atom. The van der Waals surface area contributed by atoms with Crippen molar-refractivity contribution in [3.8, 4) is 0 Å². The van der Waals surface area contributed by atoms with Crippen LogP contribution in [-0.4, -0.2) is 39.2 Å². The van der Waals surface area contributed by atoms with Crippen LogP contribution in [0.5, 0.6) is 0 Å². The van der Waals surface area contributed by atoms with E-state index in [1.54, 1.807) is 14.1 Å². The highest BCUT2D eigenvalue weighted by Gasteiger charge is 2.37. The van der Waals surface area contributed by atoms with Crippen molar-refractivity contribution in [3.05, 3.63) is 22.1 Å². The van der Waals surface area contributed by atoms with Crippen molar-refractivity contribution in [1.82, 2.24) is 19.9 Å². The minimum atomic E-state index is -0.493. The molecule has 1 aromatic heterocycles. The Hall–Kier alpha value is -2.00. The van der Waals surface area contributed by atoms with E-state index in [1.807, 2.05) is 0 Å². The minimum Gasteiger partial charge on any atom is -0.358 e. The van der Waals surface area contributed by atoms with Crippen LogP contribution in [0.15, 0.2) is 6.20 Å². The van der Waals surface area contributed by atoms with Crippen molar-refractivity contribution in [2.24, 2.45) is 7.05 Å². The zero-order chi connectivity index (χ0) is 13.3. The van der Waals surface area contributed by atoms with Gasteiger partial charge in [0, 0.05) is 13.5 Å². The van der Waals surface area contributed by atoms with Crippen LogP contribution in [0.4, 0.5) is 5.82 Å². The Balaban J connectivity index is 2.22. The molecule has 0 saturated carbocycles. The molecule has 1 saturated heterocycles. The minimum absolute atomic E-state index is 0.0785. The molecule has 98 valence electrons. The standard InChI is InChI=1S/C9H13N5O4/c1-12-8(14(16)17)4-10-9(12)6-3-7(11-5-15)18-13(6)2/h4-7H,3H2,1-2H3,(H,11,15). The van der Waals surface area contributed by atoms with Gasteiger partial charge in [-0.1, -0.05) is 0 Å². The fourth-order valence-electron chi connectivity index (χ4n) is 2.00. The zero-order valence-electron chi connectivity index (χ0n) is 9.94. The number of aromatic nitrogens is 2. The summed E-state index contributed by atoms with van der Waals surface area (Å²) in [6.45, 7) is 0. The SMILES string of the molecule is CN1OC(NC=O)CC1c1ncc([N+](=O)[O-])n1C. The van der Waals surface area contributed by atoms with Gasteiger partial charge in [0.15, 0.2) is 6.23 Å². The third kappa shape index (κ3) is 2.05. The van der Waals surface area contributed by atoms with Crippen LogP contribution in [0.3, 0.4) is 0 Å². The molecule has 1 aliphatic rings. The summed E-state index contributed by atoms with van der Waals surface area (Å²) in [6, 6.07) is -0.235. The first kappa shape index (κ1) is 12.5. The van der Waals surface area contributed by atoms with E-state index in [2.05, 4.69) is 10.3 Å². The summed E-state index contributed by atoms with van der Waals surface area (Å²) in [5, 5.41) is 14.8. The van der Waals surface area contributed by atoms with Crippen molar-refractivity contribution < 1.29 is 14.6 Å². The molecule has 0 aliphatic carbocycles. The van der Waals surface area contributed by atoms with Crippen molar-refractivity contribution in [3.63, 3.8) is 0 Å². The summed E-state index contributed by atoms with van der Waals surface area (Å²) in [6.07, 6.45) is 1.82. The molecule has 2 atom stereocenters. The van der Waals surface area contributed by atoms with Crippen LogP contribution in [0.2, 0.25) is 0 Å². The predicted octanol–water partition coefficient (Wildman–Crippen LogP) is -0.291. The van der Waals surface area contributed by atoms with Gasteiger partial charge in [-0.15, -0.1) is 0 Å². The van der Waals surface area contributed by atoms with Gasteiger partial charge < -0.3 is 15.4 Å².